The molecule has 192 valence electrons. The zero-order chi connectivity index (χ0) is 26.4. The Morgan fingerprint density at radius 1 is 1.08 bits per heavy atom. The van der Waals surface area contributed by atoms with E-state index in [9.17, 15) is 14.4 Å². The molecule has 1 saturated heterocycles. The molecular formula is C27H26ClN3O5S. The second kappa shape index (κ2) is 12.1. The van der Waals surface area contributed by atoms with Crippen molar-refractivity contribution >= 4 is 46.6 Å². The van der Waals surface area contributed by atoms with E-state index >= 15 is 0 Å². The molecule has 10 heteroatoms. The van der Waals surface area contributed by atoms with Crippen LogP contribution in [0, 0.1) is 0 Å². The molecule has 1 aliphatic heterocycles. The van der Waals surface area contributed by atoms with Crippen molar-refractivity contribution in [2.24, 2.45) is 0 Å². The molecular weight excluding hydrogens is 514 g/mol. The fourth-order valence-corrected chi connectivity index (χ4v) is 4.74. The third kappa shape index (κ3) is 6.61. The van der Waals surface area contributed by atoms with Crippen molar-refractivity contribution in [2.75, 3.05) is 13.2 Å². The maximum absolute atomic E-state index is 12.7. The molecule has 1 N–H and O–H groups in total. The largest absolute Gasteiger partial charge is 0.494 e. The number of rotatable bonds is 11. The van der Waals surface area contributed by atoms with Crippen LogP contribution in [0.25, 0.3) is 23.0 Å². The minimum atomic E-state index is -1.26. The standard InChI is InChI=1S/C27H26ClN3O5S/c1-2-3-4-5-14-36-22-12-6-18(7-13-22)25-19(16-31(29-25)21-10-8-20(28)9-11-21)15-23-26(34)30(17-24(32)33)27(35)37-23/h6-13,15-16H,2-5,14,17H2,1H3,(H,32,33)/b23-15+. The highest BCUT2D eigenvalue weighted by Gasteiger charge is 2.36. The van der Waals surface area contributed by atoms with E-state index in [0.29, 0.717) is 34.6 Å². The van der Waals surface area contributed by atoms with Gasteiger partial charge in [0.2, 0.25) is 0 Å². The molecule has 0 spiro atoms. The maximum Gasteiger partial charge on any atom is 0.323 e. The highest BCUT2D eigenvalue weighted by atomic mass is 35.5. The molecule has 0 radical (unpaired) electrons. The fourth-order valence-electron chi connectivity index (χ4n) is 3.78. The average molecular weight is 540 g/mol. The van der Waals surface area contributed by atoms with Gasteiger partial charge in [-0.3, -0.25) is 19.3 Å². The number of aliphatic carboxylic acids is 1. The first-order chi connectivity index (χ1) is 17.9. The lowest BCUT2D eigenvalue weighted by molar-refractivity contribution is -0.140. The van der Waals surface area contributed by atoms with Crippen LogP contribution in [0.2, 0.25) is 5.02 Å². The van der Waals surface area contributed by atoms with Gasteiger partial charge in [0.25, 0.3) is 11.1 Å². The summed E-state index contributed by atoms with van der Waals surface area (Å²) in [5.74, 6) is -1.14. The van der Waals surface area contributed by atoms with Crippen LogP contribution in [0.3, 0.4) is 0 Å². The third-order valence-corrected chi connectivity index (χ3v) is 6.84. The van der Waals surface area contributed by atoms with Crippen molar-refractivity contribution in [1.82, 2.24) is 14.7 Å². The number of hydrogen-bond acceptors (Lipinski definition) is 6. The predicted octanol–water partition coefficient (Wildman–Crippen LogP) is 6.27. The van der Waals surface area contributed by atoms with E-state index < -0.39 is 23.7 Å². The van der Waals surface area contributed by atoms with Gasteiger partial charge in [0.05, 0.1) is 22.9 Å². The van der Waals surface area contributed by atoms with Gasteiger partial charge < -0.3 is 9.84 Å². The van der Waals surface area contributed by atoms with Gasteiger partial charge >= 0.3 is 5.97 Å². The highest BCUT2D eigenvalue weighted by molar-refractivity contribution is 8.18. The lowest BCUT2D eigenvalue weighted by atomic mass is 10.1. The minimum Gasteiger partial charge on any atom is -0.494 e. The zero-order valence-electron chi connectivity index (χ0n) is 20.2. The summed E-state index contributed by atoms with van der Waals surface area (Å²) in [6, 6.07) is 14.7. The summed E-state index contributed by atoms with van der Waals surface area (Å²) < 4.78 is 7.51. The van der Waals surface area contributed by atoms with Gasteiger partial charge in [-0.2, -0.15) is 5.10 Å². The highest BCUT2D eigenvalue weighted by Crippen LogP contribution is 2.35. The Bertz CT molecular complexity index is 1320. The van der Waals surface area contributed by atoms with E-state index in [1.165, 1.54) is 12.8 Å². The van der Waals surface area contributed by atoms with Gasteiger partial charge in [-0.05, 0) is 72.8 Å². The Hall–Kier alpha value is -3.56. The number of carboxylic acids is 1. The van der Waals surface area contributed by atoms with Gasteiger partial charge in [0.15, 0.2) is 0 Å². The first-order valence-electron chi connectivity index (χ1n) is 11.9. The monoisotopic (exact) mass is 539 g/mol. The summed E-state index contributed by atoms with van der Waals surface area (Å²) in [4.78, 5) is 36.9. The number of nitrogens with zero attached hydrogens (tertiary/aromatic N) is 3. The SMILES string of the molecule is CCCCCCOc1ccc(-c2nn(-c3ccc(Cl)cc3)cc2/C=C2/SC(=O)N(CC(=O)O)C2=O)cc1. The third-order valence-electron chi connectivity index (χ3n) is 5.68. The molecule has 37 heavy (non-hydrogen) atoms. The Kier molecular flexibility index (Phi) is 8.68. The number of carboxylic acid groups (broad SMARTS) is 1. The van der Waals surface area contributed by atoms with Crippen molar-refractivity contribution in [1.29, 1.82) is 0 Å². The first kappa shape index (κ1) is 26.5. The molecule has 2 heterocycles. The van der Waals surface area contributed by atoms with E-state index in [1.54, 1.807) is 29.1 Å². The predicted molar refractivity (Wildman–Crippen MR) is 144 cm³/mol. The van der Waals surface area contributed by atoms with Crippen molar-refractivity contribution < 1.29 is 24.2 Å². The minimum absolute atomic E-state index is 0.134. The number of thioether (sulfide) groups is 1. The smallest absolute Gasteiger partial charge is 0.323 e. The number of carbonyl (C=O) groups is 3. The van der Waals surface area contributed by atoms with Crippen LogP contribution < -0.4 is 4.74 Å². The topological polar surface area (TPSA) is 102 Å². The number of imide groups is 1. The molecule has 1 aliphatic rings. The lowest BCUT2D eigenvalue weighted by Crippen LogP contribution is -2.33. The summed E-state index contributed by atoms with van der Waals surface area (Å²) in [7, 11) is 0. The molecule has 0 atom stereocenters. The summed E-state index contributed by atoms with van der Waals surface area (Å²) in [6.07, 6.45) is 7.82. The molecule has 1 fully saturated rings. The Labute approximate surface area is 223 Å². The lowest BCUT2D eigenvalue weighted by Gasteiger charge is -2.08. The maximum atomic E-state index is 12.7. The molecule has 2 amide bonds. The van der Waals surface area contributed by atoms with Gasteiger partial charge in [-0.1, -0.05) is 37.8 Å². The molecule has 0 aliphatic carbocycles. The van der Waals surface area contributed by atoms with Gasteiger partial charge in [-0.15, -0.1) is 0 Å². The Morgan fingerprint density at radius 3 is 2.49 bits per heavy atom. The number of ether oxygens (including phenoxy) is 1. The number of unbranched alkanes of at least 4 members (excludes halogenated alkanes) is 3. The molecule has 8 nitrogen and oxygen atoms in total. The summed E-state index contributed by atoms with van der Waals surface area (Å²) in [6.45, 7) is 2.14. The Morgan fingerprint density at radius 2 is 1.81 bits per heavy atom. The van der Waals surface area contributed by atoms with Crippen LogP contribution >= 0.6 is 23.4 Å². The van der Waals surface area contributed by atoms with Crippen LogP contribution in [0.1, 0.15) is 38.2 Å². The van der Waals surface area contributed by atoms with Crippen molar-refractivity contribution in [3.05, 3.63) is 70.2 Å². The summed E-state index contributed by atoms with van der Waals surface area (Å²) in [5, 5.41) is 13.7. The van der Waals surface area contributed by atoms with Crippen LogP contribution in [-0.2, 0) is 9.59 Å². The van der Waals surface area contributed by atoms with E-state index in [1.807, 2.05) is 36.4 Å². The number of benzene rings is 2. The first-order valence-corrected chi connectivity index (χ1v) is 13.1. The summed E-state index contributed by atoms with van der Waals surface area (Å²) >= 11 is 6.74. The zero-order valence-corrected chi connectivity index (χ0v) is 21.8. The number of hydrogen-bond donors (Lipinski definition) is 1. The molecule has 2 aromatic carbocycles. The van der Waals surface area contributed by atoms with Crippen LogP contribution in [0.15, 0.2) is 59.6 Å². The van der Waals surface area contributed by atoms with E-state index in [0.717, 1.165) is 34.7 Å². The molecule has 4 rings (SSSR count). The van der Waals surface area contributed by atoms with Crippen molar-refractivity contribution in [3.63, 3.8) is 0 Å². The van der Waals surface area contributed by atoms with E-state index in [2.05, 4.69) is 6.92 Å². The van der Waals surface area contributed by atoms with E-state index in [4.69, 9.17) is 26.5 Å². The van der Waals surface area contributed by atoms with Crippen molar-refractivity contribution in [2.45, 2.75) is 32.6 Å². The van der Waals surface area contributed by atoms with E-state index in [-0.39, 0.29) is 4.91 Å². The molecule has 0 unspecified atom stereocenters. The van der Waals surface area contributed by atoms with Crippen LogP contribution in [0.4, 0.5) is 4.79 Å². The van der Waals surface area contributed by atoms with Crippen LogP contribution in [-0.4, -0.2) is 50.1 Å². The molecule has 3 aromatic rings. The second-order valence-corrected chi connectivity index (χ2v) is 9.88. The average Bonchev–Trinajstić information content (AvgIpc) is 3.41. The quantitative estimate of drug-likeness (QED) is 0.226. The van der Waals surface area contributed by atoms with Crippen LogP contribution in [0.5, 0.6) is 5.75 Å². The van der Waals surface area contributed by atoms with Gasteiger partial charge in [-0.25, -0.2) is 4.68 Å². The number of carbonyl (C=O) groups excluding carboxylic acids is 2. The van der Waals surface area contributed by atoms with Gasteiger partial charge in [0.1, 0.15) is 12.3 Å². The normalized spacial score (nSPS) is 14.5. The number of amides is 2. The summed E-state index contributed by atoms with van der Waals surface area (Å²) in [5.41, 5.74) is 2.75. The van der Waals surface area contributed by atoms with Gasteiger partial charge in [0, 0.05) is 22.3 Å². The molecule has 1 aromatic heterocycles. The molecule has 0 saturated carbocycles. The number of aromatic nitrogens is 2. The fraction of sp³-hybridized carbons (Fsp3) is 0.259. The second-order valence-electron chi connectivity index (χ2n) is 8.45. The Balaban J connectivity index is 1.64. The van der Waals surface area contributed by atoms with Crippen molar-refractivity contribution in [3.8, 4) is 22.7 Å². The number of halogens is 1. The molecule has 0 bridgehead atoms.